The average Bonchev–Trinajstić information content (AvgIpc) is 2.95. The molecule has 11 heteroatoms. The van der Waals surface area contributed by atoms with Gasteiger partial charge >= 0.3 is 0 Å². The average molecular weight is 497 g/mol. The van der Waals surface area contributed by atoms with Crippen LogP contribution in [0.1, 0.15) is 5.56 Å². The Morgan fingerprint density at radius 3 is 2.11 bits per heavy atom. The van der Waals surface area contributed by atoms with Gasteiger partial charge in [0.05, 0.1) is 24.4 Å². The molecule has 0 spiro atoms. The Bertz CT molecular complexity index is 1320. The van der Waals surface area contributed by atoms with Crippen molar-refractivity contribution >= 4 is 41.1 Å². The number of nitrogens with one attached hydrogen (secondary N) is 1. The van der Waals surface area contributed by atoms with Crippen molar-refractivity contribution in [3.63, 3.8) is 0 Å². The van der Waals surface area contributed by atoms with Gasteiger partial charge in [0.15, 0.2) is 0 Å². The molecule has 1 aliphatic rings. The van der Waals surface area contributed by atoms with E-state index in [-0.39, 0.29) is 11.6 Å². The fourth-order valence-corrected chi connectivity index (χ4v) is 3.79. The van der Waals surface area contributed by atoms with Gasteiger partial charge in [0.1, 0.15) is 0 Å². The summed E-state index contributed by atoms with van der Waals surface area (Å²) in [4.78, 5) is 28.6. The minimum Gasteiger partial charge on any atom is -0.378 e. The molecule has 0 bridgehead atoms. The molecule has 0 saturated carbocycles. The summed E-state index contributed by atoms with van der Waals surface area (Å²) in [5.41, 5.74) is 5.40. The van der Waals surface area contributed by atoms with Crippen LogP contribution in [0.3, 0.4) is 0 Å². The molecule has 37 heavy (non-hydrogen) atoms. The molecule has 4 aromatic rings. The molecule has 3 aromatic carbocycles. The van der Waals surface area contributed by atoms with Crippen LogP contribution >= 0.6 is 0 Å². The number of morpholine rings is 1. The van der Waals surface area contributed by atoms with Crippen molar-refractivity contribution in [2.24, 2.45) is 5.10 Å². The highest BCUT2D eigenvalue weighted by Crippen LogP contribution is 2.33. The van der Waals surface area contributed by atoms with E-state index in [4.69, 9.17) is 9.72 Å². The molecule has 1 aromatic heterocycles. The molecule has 186 valence electrons. The van der Waals surface area contributed by atoms with E-state index in [0.29, 0.717) is 43.8 Å². The van der Waals surface area contributed by atoms with Crippen molar-refractivity contribution in [3.8, 4) is 0 Å². The second-order valence-electron chi connectivity index (χ2n) is 8.08. The van der Waals surface area contributed by atoms with Gasteiger partial charge in [-0.2, -0.15) is 20.1 Å². The first-order chi connectivity index (χ1) is 18.2. The summed E-state index contributed by atoms with van der Waals surface area (Å²) in [5, 5.41) is 15.1. The summed E-state index contributed by atoms with van der Waals surface area (Å²) in [6.07, 6.45) is 1.55. The third kappa shape index (κ3) is 5.85. The number of benzene rings is 3. The van der Waals surface area contributed by atoms with Crippen LogP contribution in [0.4, 0.5) is 34.9 Å². The Balaban J connectivity index is 1.50. The highest BCUT2D eigenvalue weighted by molar-refractivity contribution is 5.80. The number of hydrogen-bond acceptors (Lipinski definition) is 10. The quantitative estimate of drug-likeness (QED) is 0.213. The monoisotopic (exact) mass is 496 g/mol. The molecule has 5 rings (SSSR count). The minimum atomic E-state index is -0.441. The lowest BCUT2D eigenvalue weighted by atomic mass is 10.2. The van der Waals surface area contributed by atoms with Crippen LogP contribution in [0.2, 0.25) is 0 Å². The molecule has 1 fully saturated rings. The maximum Gasteiger partial charge on any atom is 0.269 e. The van der Waals surface area contributed by atoms with Gasteiger partial charge in [-0.25, -0.2) is 5.43 Å². The van der Waals surface area contributed by atoms with E-state index >= 15 is 0 Å². The van der Waals surface area contributed by atoms with Crippen molar-refractivity contribution in [2.75, 3.05) is 41.5 Å². The molecule has 1 N–H and O–H groups in total. The Hall–Kier alpha value is -4.90. The zero-order valence-electron chi connectivity index (χ0n) is 19.8. The number of ether oxygens (including phenoxy) is 1. The minimum absolute atomic E-state index is 0.0179. The van der Waals surface area contributed by atoms with Gasteiger partial charge in [-0.15, -0.1) is 0 Å². The normalized spacial score (nSPS) is 13.5. The number of non-ortho nitro benzene ring substituents is 1. The molecule has 0 atom stereocenters. The van der Waals surface area contributed by atoms with Crippen LogP contribution < -0.4 is 15.2 Å². The molecule has 2 heterocycles. The Morgan fingerprint density at radius 1 is 0.892 bits per heavy atom. The van der Waals surface area contributed by atoms with Crippen molar-refractivity contribution in [2.45, 2.75) is 0 Å². The first-order valence-corrected chi connectivity index (χ1v) is 11.7. The van der Waals surface area contributed by atoms with Gasteiger partial charge in [0.2, 0.25) is 17.8 Å². The van der Waals surface area contributed by atoms with Crippen LogP contribution in [0.25, 0.3) is 0 Å². The van der Waals surface area contributed by atoms with Crippen molar-refractivity contribution in [3.05, 3.63) is 101 Å². The molecule has 0 aliphatic carbocycles. The molecular weight excluding hydrogens is 472 g/mol. The second-order valence-corrected chi connectivity index (χ2v) is 8.08. The first-order valence-electron chi connectivity index (χ1n) is 11.7. The van der Waals surface area contributed by atoms with Gasteiger partial charge in [0, 0.05) is 36.6 Å². The lowest BCUT2D eigenvalue weighted by Gasteiger charge is -2.28. The molecule has 1 aliphatic heterocycles. The second kappa shape index (κ2) is 11.2. The Kier molecular flexibility index (Phi) is 7.23. The Labute approximate surface area is 213 Å². The number of aromatic nitrogens is 3. The molecule has 0 radical (unpaired) electrons. The van der Waals surface area contributed by atoms with Crippen molar-refractivity contribution in [1.82, 2.24) is 15.0 Å². The predicted octanol–water partition coefficient (Wildman–Crippen LogP) is 4.53. The highest BCUT2D eigenvalue weighted by atomic mass is 16.6. The van der Waals surface area contributed by atoms with E-state index in [2.05, 4.69) is 20.5 Å². The summed E-state index contributed by atoms with van der Waals surface area (Å²) in [6, 6.07) is 25.8. The number of para-hydroxylation sites is 2. The van der Waals surface area contributed by atoms with Crippen LogP contribution in [0.15, 0.2) is 90.0 Å². The van der Waals surface area contributed by atoms with E-state index in [1.165, 1.54) is 12.1 Å². The SMILES string of the molecule is O=[N+]([O-])c1ccc(/C=N/Nc2nc(N3CCOCC3)nc(N(c3ccccc3)c3ccccc3)n2)cc1. The highest BCUT2D eigenvalue weighted by Gasteiger charge is 2.21. The van der Waals surface area contributed by atoms with Gasteiger partial charge < -0.3 is 9.64 Å². The number of nitrogens with zero attached hydrogens (tertiary/aromatic N) is 7. The summed E-state index contributed by atoms with van der Waals surface area (Å²) < 4.78 is 5.50. The molecule has 1 saturated heterocycles. The molecule has 0 unspecified atom stereocenters. The van der Waals surface area contributed by atoms with Gasteiger partial charge in [-0.05, 0) is 42.0 Å². The van der Waals surface area contributed by atoms with Gasteiger partial charge in [-0.3, -0.25) is 15.0 Å². The van der Waals surface area contributed by atoms with E-state index in [1.54, 1.807) is 18.3 Å². The number of nitro benzene ring substituents is 1. The standard InChI is InChI=1S/C26H24N8O3/c35-34(36)23-13-11-20(12-14-23)19-27-31-24-28-25(32-15-17-37-18-16-32)30-26(29-24)33(21-7-3-1-4-8-21)22-9-5-2-6-10-22/h1-14,19H,15-18H2,(H,28,29,30,31)/b27-19+. The number of rotatable bonds is 8. The summed E-state index contributed by atoms with van der Waals surface area (Å²) in [6.45, 7) is 2.49. The zero-order valence-corrected chi connectivity index (χ0v) is 19.8. The topological polar surface area (TPSA) is 122 Å². The predicted molar refractivity (Wildman–Crippen MR) is 142 cm³/mol. The van der Waals surface area contributed by atoms with Crippen molar-refractivity contribution < 1.29 is 9.66 Å². The first kappa shape index (κ1) is 23.8. The molecular formula is C26H24N8O3. The maximum absolute atomic E-state index is 10.9. The summed E-state index contributed by atoms with van der Waals surface area (Å²) >= 11 is 0. The maximum atomic E-state index is 10.9. The lowest BCUT2D eigenvalue weighted by molar-refractivity contribution is -0.384. The smallest absolute Gasteiger partial charge is 0.269 e. The fraction of sp³-hybridized carbons (Fsp3) is 0.154. The summed E-state index contributed by atoms with van der Waals surface area (Å²) in [7, 11) is 0. The number of nitro groups is 1. The van der Waals surface area contributed by atoms with Gasteiger partial charge in [0.25, 0.3) is 5.69 Å². The van der Waals surface area contributed by atoms with Crippen molar-refractivity contribution in [1.29, 1.82) is 0 Å². The largest absolute Gasteiger partial charge is 0.378 e. The van der Waals surface area contributed by atoms with Crippen LogP contribution in [0.5, 0.6) is 0 Å². The molecule has 11 nitrogen and oxygen atoms in total. The number of hydrogen-bond donors (Lipinski definition) is 1. The zero-order chi connectivity index (χ0) is 25.5. The van der Waals surface area contributed by atoms with Crippen LogP contribution in [0, 0.1) is 10.1 Å². The lowest BCUT2D eigenvalue weighted by Crippen LogP contribution is -2.37. The third-order valence-electron chi connectivity index (χ3n) is 5.62. The van der Waals surface area contributed by atoms with E-state index in [1.807, 2.05) is 70.5 Å². The Morgan fingerprint density at radius 2 is 1.51 bits per heavy atom. The summed E-state index contributed by atoms with van der Waals surface area (Å²) in [5.74, 6) is 1.21. The fourth-order valence-electron chi connectivity index (χ4n) is 3.79. The number of anilines is 5. The number of hydrazone groups is 1. The van der Waals surface area contributed by atoms with Crippen LogP contribution in [-0.4, -0.2) is 52.4 Å². The van der Waals surface area contributed by atoms with E-state index < -0.39 is 4.92 Å². The van der Waals surface area contributed by atoms with E-state index in [0.717, 1.165) is 11.4 Å². The van der Waals surface area contributed by atoms with Gasteiger partial charge in [-0.1, -0.05) is 36.4 Å². The third-order valence-corrected chi connectivity index (χ3v) is 5.62. The van der Waals surface area contributed by atoms with Crippen LogP contribution in [-0.2, 0) is 4.74 Å². The van der Waals surface area contributed by atoms with E-state index in [9.17, 15) is 10.1 Å². The molecule has 0 amide bonds.